The summed E-state index contributed by atoms with van der Waals surface area (Å²) in [5, 5.41) is 9.37. The zero-order chi connectivity index (χ0) is 11.6. The van der Waals surface area contributed by atoms with Crippen molar-refractivity contribution in [3.05, 3.63) is 0 Å². The Kier molecular flexibility index (Phi) is 3.88. The van der Waals surface area contributed by atoms with Crippen LogP contribution < -0.4 is 5.73 Å². The lowest BCUT2D eigenvalue weighted by molar-refractivity contribution is 0.0570. The molecule has 94 valence electrons. The number of aliphatic hydroxyl groups excluding tert-OH is 1. The molecule has 1 saturated carbocycles. The Morgan fingerprint density at radius 1 is 1.38 bits per heavy atom. The molecule has 0 radical (unpaired) electrons. The molecule has 1 aliphatic carbocycles. The summed E-state index contributed by atoms with van der Waals surface area (Å²) in [5.74, 6) is 0.831. The van der Waals surface area contributed by atoms with Crippen LogP contribution in [0.3, 0.4) is 0 Å². The van der Waals surface area contributed by atoms with Gasteiger partial charge in [-0.15, -0.1) is 0 Å². The van der Waals surface area contributed by atoms with Crippen LogP contribution >= 0.6 is 0 Å². The molecule has 0 bridgehead atoms. The van der Waals surface area contributed by atoms with Gasteiger partial charge in [0.05, 0.1) is 6.61 Å². The lowest BCUT2D eigenvalue weighted by Crippen LogP contribution is -2.54. The van der Waals surface area contributed by atoms with E-state index in [0.717, 1.165) is 18.8 Å². The summed E-state index contributed by atoms with van der Waals surface area (Å²) in [6.07, 6.45) is 7.11. The van der Waals surface area contributed by atoms with Crippen molar-refractivity contribution >= 4 is 0 Å². The molecule has 0 spiro atoms. The van der Waals surface area contributed by atoms with Gasteiger partial charge >= 0.3 is 0 Å². The molecule has 3 nitrogen and oxygen atoms in total. The van der Waals surface area contributed by atoms with Crippen LogP contribution in [-0.2, 0) is 0 Å². The van der Waals surface area contributed by atoms with Crippen LogP contribution in [0.1, 0.15) is 45.4 Å². The first-order valence-electron chi connectivity index (χ1n) is 6.77. The van der Waals surface area contributed by atoms with Gasteiger partial charge in [0.15, 0.2) is 0 Å². The van der Waals surface area contributed by atoms with Crippen LogP contribution in [0.25, 0.3) is 0 Å². The molecular weight excluding hydrogens is 200 g/mol. The van der Waals surface area contributed by atoms with Gasteiger partial charge in [-0.2, -0.15) is 0 Å². The maximum Gasteiger partial charge on any atom is 0.0611 e. The van der Waals surface area contributed by atoms with E-state index < -0.39 is 0 Å². The Labute approximate surface area is 99.0 Å². The normalized spacial score (nSPS) is 42.2. The van der Waals surface area contributed by atoms with E-state index in [1.807, 2.05) is 0 Å². The first kappa shape index (κ1) is 12.3. The monoisotopic (exact) mass is 226 g/mol. The minimum absolute atomic E-state index is 0.146. The molecule has 0 aromatic heterocycles. The maximum atomic E-state index is 9.37. The molecule has 0 aromatic carbocycles. The van der Waals surface area contributed by atoms with Crippen molar-refractivity contribution in [1.82, 2.24) is 4.90 Å². The molecule has 2 aliphatic rings. The zero-order valence-corrected chi connectivity index (χ0v) is 10.5. The molecule has 1 heterocycles. The van der Waals surface area contributed by atoms with Crippen LogP contribution in [0.4, 0.5) is 0 Å². The van der Waals surface area contributed by atoms with Crippen molar-refractivity contribution in [3.63, 3.8) is 0 Å². The van der Waals surface area contributed by atoms with Crippen LogP contribution in [-0.4, -0.2) is 41.3 Å². The summed E-state index contributed by atoms with van der Waals surface area (Å²) in [5.41, 5.74) is 5.91. The molecule has 1 saturated heterocycles. The second-order valence-corrected chi connectivity index (χ2v) is 6.01. The highest BCUT2D eigenvalue weighted by Gasteiger charge is 2.35. The number of hydrogen-bond donors (Lipinski definition) is 2. The van der Waals surface area contributed by atoms with E-state index in [1.54, 1.807) is 0 Å². The quantitative estimate of drug-likeness (QED) is 0.747. The standard InChI is InChI=1S/C13H26N2O/c1-11-4-3-7-15(9-11)12-5-2-6-13(14,8-12)10-16/h11-12,16H,2-10,14H2,1H3. The fourth-order valence-electron chi connectivity index (χ4n) is 3.38. The Balaban J connectivity index is 1.93. The lowest BCUT2D eigenvalue weighted by atomic mass is 9.79. The summed E-state index contributed by atoms with van der Waals surface area (Å²) in [6, 6.07) is 0.619. The average molecular weight is 226 g/mol. The minimum Gasteiger partial charge on any atom is -0.394 e. The van der Waals surface area contributed by atoms with Crippen molar-refractivity contribution in [2.75, 3.05) is 19.7 Å². The van der Waals surface area contributed by atoms with E-state index >= 15 is 0 Å². The maximum absolute atomic E-state index is 9.37. The number of nitrogens with zero attached hydrogens (tertiary/aromatic N) is 1. The number of likely N-dealkylation sites (tertiary alicyclic amines) is 1. The van der Waals surface area contributed by atoms with Gasteiger partial charge in [0.2, 0.25) is 0 Å². The number of hydrogen-bond acceptors (Lipinski definition) is 3. The fraction of sp³-hybridized carbons (Fsp3) is 1.00. The highest BCUT2D eigenvalue weighted by atomic mass is 16.3. The zero-order valence-electron chi connectivity index (χ0n) is 10.5. The van der Waals surface area contributed by atoms with E-state index in [9.17, 15) is 5.11 Å². The van der Waals surface area contributed by atoms with Crippen LogP contribution in [0.15, 0.2) is 0 Å². The first-order valence-corrected chi connectivity index (χ1v) is 6.77. The van der Waals surface area contributed by atoms with Crippen molar-refractivity contribution in [2.45, 2.75) is 57.0 Å². The second-order valence-electron chi connectivity index (χ2n) is 6.01. The SMILES string of the molecule is CC1CCCN(C2CCCC(N)(CO)C2)C1. The molecule has 3 atom stereocenters. The van der Waals surface area contributed by atoms with E-state index in [0.29, 0.717) is 6.04 Å². The molecule has 16 heavy (non-hydrogen) atoms. The van der Waals surface area contributed by atoms with Gasteiger partial charge in [-0.25, -0.2) is 0 Å². The van der Waals surface area contributed by atoms with Crippen molar-refractivity contribution in [3.8, 4) is 0 Å². The van der Waals surface area contributed by atoms with Crippen molar-refractivity contribution in [2.24, 2.45) is 11.7 Å². The molecule has 0 aromatic rings. The van der Waals surface area contributed by atoms with E-state index in [4.69, 9.17) is 5.73 Å². The third-order valence-electron chi connectivity index (χ3n) is 4.37. The van der Waals surface area contributed by atoms with E-state index in [1.165, 1.54) is 38.8 Å². The third-order valence-corrected chi connectivity index (χ3v) is 4.37. The predicted molar refractivity (Wildman–Crippen MR) is 66.2 cm³/mol. The molecule has 2 rings (SSSR count). The van der Waals surface area contributed by atoms with Crippen LogP contribution in [0.5, 0.6) is 0 Å². The Bertz CT molecular complexity index is 234. The largest absolute Gasteiger partial charge is 0.394 e. The minimum atomic E-state index is -0.302. The Hall–Kier alpha value is -0.120. The molecule has 1 aliphatic heterocycles. The second kappa shape index (κ2) is 5.03. The van der Waals surface area contributed by atoms with Gasteiger partial charge in [0.1, 0.15) is 0 Å². The first-order chi connectivity index (χ1) is 7.63. The predicted octanol–water partition coefficient (Wildman–Crippen LogP) is 1.35. The molecule has 2 fully saturated rings. The molecular formula is C13H26N2O. The van der Waals surface area contributed by atoms with Gasteiger partial charge in [-0.1, -0.05) is 6.92 Å². The van der Waals surface area contributed by atoms with Gasteiger partial charge in [-0.3, -0.25) is 0 Å². The third kappa shape index (κ3) is 2.76. The molecule has 3 unspecified atom stereocenters. The highest BCUT2D eigenvalue weighted by molar-refractivity contribution is 4.94. The van der Waals surface area contributed by atoms with E-state index in [-0.39, 0.29) is 12.1 Å². The summed E-state index contributed by atoms with van der Waals surface area (Å²) >= 11 is 0. The van der Waals surface area contributed by atoms with Gasteiger partial charge < -0.3 is 15.7 Å². The van der Waals surface area contributed by atoms with Crippen LogP contribution in [0.2, 0.25) is 0 Å². The number of aliphatic hydroxyl groups is 1. The lowest BCUT2D eigenvalue weighted by Gasteiger charge is -2.44. The number of rotatable bonds is 2. The fourth-order valence-corrected chi connectivity index (χ4v) is 3.38. The molecule has 0 amide bonds. The summed E-state index contributed by atoms with van der Waals surface area (Å²) in [7, 11) is 0. The average Bonchev–Trinajstić information content (AvgIpc) is 2.29. The van der Waals surface area contributed by atoms with Gasteiger partial charge in [0, 0.05) is 18.1 Å². The Morgan fingerprint density at radius 3 is 2.88 bits per heavy atom. The number of nitrogens with two attached hydrogens (primary N) is 1. The highest BCUT2D eigenvalue weighted by Crippen LogP contribution is 2.31. The van der Waals surface area contributed by atoms with Crippen LogP contribution in [0, 0.1) is 5.92 Å². The Morgan fingerprint density at radius 2 is 2.19 bits per heavy atom. The van der Waals surface area contributed by atoms with Crippen molar-refractivity contribution in [1.29, 1.82) is 0 Å². The van der Waals surface area contributed by atoms with Gasteiger partial charge in [-0.05, 0) is 51.0 Å². The van der Waals surface area contributed by atoms with E-state index in [2.05, 4.69) is 11.8 Å². The molecule has 3 N–H and O–H groups in total. The number of piperidine rings is 1. The topological polar surface area (TPSA) is 49.5 Å². The van der Waals surface area contributed by atoms with Gasteiger partial charge in [0.25, 0.3) is 0 Å². The summed E-state index contributed by atoms with van der Waals surface area (Å²) in [4.78, 5) is 2.62. The molecule has 3 heteroatoms. The summed E-state index contributed by atoms with van der Waals surface area (Å²) < 4.78 is 0. The summed E-state index contributed by atoms with van der Waals surface area (Å²) in [6.45, 7) is 4.95. The van der Waals surface area contributed by atoms with Crippen molar-refractivity contribution < 1.29 is 5.11 Å². The smallest absolute Gasteiger partial charge is 0.0611 e.